The van der Waals surface area contributed by atoms with E-state index in [1.807, 2.05) is 0 Å². The summed E-state index contributed by atoms with van der Waals surface area (Å²) in [6, 6.07) is 6.01. The van der Waals surface area contributed by atoms with Crippen LogP contribution in [0.1, 0.15) is 12.8 Å². The molecule has 1 fully saturated rings. The van der Waals surface area contributed by atoms with Crippen LogP contribution in [-0.2, 0) is 0 Å². The third-order valence-electron chi connectivity index (χ3n) is 3.35. The molecular weight excluding hydrogens is 329 g/mol. The second kappa shape index (κ2) is 7.92. The molecule has 0 bridgehead atoms. The van der Waals surface area contributed by atoms with Crippen LogP contribution in [0, 0.1) is 5.92 Å². The van der Waals surface area contributed by atoms with Gasteiger partial charge in [0.05, 0.1) is 18.0 Å². The lowest BCUT2D eigenvalue weighted by Gasteiger charge is -2.23. The van der Waals surface area contributed by atoms with Gasteiger partial charge in [0.25, 0.3) is 0 Å². The Labute approximate surface area is 137 Å². The van der Waals surface area contributed by atoms with Gasteiger partial charge in [-0.15, -0.1) is 11.8 Å². The van der Waals surface area contributed by atoms with Crippen LogP contribution in [0.5, 0.6) is 0 Å². The molecule has 0 heterocycles. The van der Waals surface area contributed by atoms with Gasteiger partial charge in [-0.1, -0.05) is 12.1 Å². The lowest BCUT2D eigenvalue weighted by Crippen LogP contribution is -2.38. The van der Waals surface area contributed by atoms with E-state index in [9.17, 15) is 18.0 Å². The predicted octanol–water partition coefficient (Wildman–Crippen LogP) is 3.58. The molecule has 1 aliphatic carbocycles. The molecule has 0 unspecified atom stereocenters. The van der Waals surface area contributed by atoms with Crippen LogP contribution in [0.25, 0.3) is 0 Å². The molecule has 1 aromatic rings. The number of thioether (sulfide) groups is 1. The van der Waals surface area contributed by atoms with Gasteiger partial charge in [-0.05, 0) is 30.9 Å². The number of carbonyl (C=O) groups is 1. The molecular formula is C15H19F3N2O2S. The highest BCUT2D eigenvalue weighted by molar-refractivity contribution is 7.99. The predicted molar refractivity (Wildman–Crippen MR) is 83.6 cm³/mol. The summed E-state index contributed by atoms with van der Waals surface area (Å²) < 4.78 is 37.1. The van der Waals surface area contributed by atoms with Crippen molar-refractivity contribution in [2.45, 2.75) is 23.9 Å². The first-order valence-electron chi connectivity index (χ1n) is 7.34. The summed E-state index contributed by atoms with van der Waals surface area (Å²) in [5.41, 5.74) is 0.352. The van der Waals surface area contributed by atoms with Gasteiger partial charge in [0.15, 0.2) is 0 Å². The molecule has 0 radical (unpaired) electrons. The van der Waals surface area contributed by atoms with E-state index in [0.717, 1.165) is 12.8 Å². The van der Waals surface area contributed by atoms with Gasteiger partial charge in [-0.3, -0.25) is 0 Å². The number of aliphatic hydroxyl groups is 1. The van der Waals surface area contributed by atoms with E-state index in [2.05, 4.69) is 5.32 Å². The molecule has 0 aromatic heterocycles. The second-order valence-electron chi connectivity index (χ2n) is 5.44. The molecule has 23 heavy (non-hydrogen) atoms. The molecule has 0 spiro atoms. The van der Waals surface area contributed by atoms with E-state index in [4.69, 9.17) is 5.11 Å². The Bertz CT molecular complexity index is 536. The molecule has 0 aliphatic heterocycles. The number of rotatable bonds is 7. The number of benzene rings is 1. The number of anilines is 1. The number of nitrogens with one attached hydrogen (secondary N) is 1. The smallest absolute Gasteiger partial charge is 0.395 e. The standard InChI is InChI=1S/C15H19F3N2O2S/c16-15(17,18)10-23-13-4-2-1-3-12(13)19-14(22)20(7-8-21)9-11-5-6-11/h1-4,11,21H,5-10H2,(H,19,22). The maximum Gasteiger partial charge on any atom is 0.398 e. The van der Waals surface area contributed by atoms with Crippen LogP contribution in [0.2, 0.25) is 0 Å². The van der Waals surface area contributed by atoms with Gasteiger partial charge < -0.3 is 15.3 Å². The summed E-state index contributed by atoms with van der Waals surface area (Å²) >= 11 is 0.640. The molecule has 1 aromatic carbocycles. The maximum atomic E-state index is 12.4. The average Bonchev–Trinajstić information content (AvgIpc) is 3.29. The quantitative estimate of drug-likeness (QED) is 0.741. The molecule has 1 aliphatic rings. The lowest BCUT2D eigenvalue weighted by atomic mass is 10.3. The van der Waals surface area contributed by atoms with Crippen LogP contribution in [0.15, 0.2) is 29.2 Å². The summed E-state index contributed by atoms with van der Waals surface area (Å²) in [7, 11) is 0. The highest BCUT2D eigenvalue weighted by Crippen LogP contribution is 2.33. The third kappa shape index (κ3) is 6.31. The molecule has 0 atom stereocenters. The Morgan fingerprint density at radius 2 is 2.04 bits per heavy atom. The highest BCUT2D eigenvalue weighted by Gasteiger charge is 2.29. The van der Waals surface area contributed by atoms with Crippen molar-refractivity contribution in [1.29, 1.82) is 0 Å². The number of halogens is 3. The van der Waals surface area contributed by atoms with Crippen molar-refractivity contribution >= 4 is 23.5 Å². The maximum absolute atomic E-state index is 12.4. The van der Waals surface area contributed by atoms with E-state index < -0.39 is 18.0 Å². The minimum absolute atomic E-state index is 0.148. The van der Waals surface area contributed by atoms with Crippen molar-refractivity contribution in [2.75, 3.05) is 30.8 Å². The summed E-state index contributed by atoms with van der Waals surface area (Å²) in [6.45, 7) is 0.620. The Morgan fingerprint density at radius 3 is 2.65 bits per heavy atom. The van der Waals surface area contributed by atoms with Gasteiger partial charge >= 0.3 is 12.2 Å². The fourth-order valence-electron chi connectivity index (χ4n) is 2.06. The molecule has 8 heteroatoms. The first-order chi connectivity index (χ1) is 10.9. The highest BCUT2D eigenvalue weighted by atomic mass is 32.2. The molecule has 4 nitrogen and oxygen atoms in total. The largest absolute Gasteiger partial charge is 0.398 e. The van der Waals surface area contributed by atoms with Gasteiger partial charge in [0.1, 0.15) is 0 Å². The summed E-state index contributed by atoms with van der Waals surface area (Å²) in [4.78, 5) is 14.2. The van der Waals surface area contributed by atoms with Crippen LogP contribution in [0.4, 0.5) is 23.7 Å². The third-order valence-corrected chi connectivity index (χ3v) is 4.49. The Hall–Kier alpha value is -1.41. The number of hydrogen-bond donors (Lipinski definition) is 2. The average molecular weight is 348 g/mol. The van der Waals surface area contributed by atoms with Gasteiger partial charge in [0, 0.05) is 18.0 Å². The first kappa shape index (κ1) is 17.9. The van der Waals surface area contributed by atoms with E-state index in [-0.39, 0.29) is 13.2 Å². The zero-order chi connectivity index (χ0) is 16.9. The molecule has 128 valence electrons. The Balaban J connectivity index is 2.01. The monoisotopic (exact) mass is 348 g/mol. The fourth-order valence-corrected chi connectivity index (χ4v) is 2.83. The number of nitrogens with zero attached hydrogens (tertiary/aromatic N) is 1. The SMILES string of the molecule is O=C(Nc1ccccc1SCC(F)(F)F)N(CCO)CC1CC1. The second-order valence-corrected chi connectivity index (χ2v) is 6.46. The number of carbonyl (C=O) groups excluding carboxylic acids is 1. The van der Waals surface area contributed by atoms with Crippen molar-refractivity contribution in [1.82, 2.24) is 4.90 Å². The number of aliphatic hydroxyl groups excluding tert-OH is 1. The topological polar surface area (TPSA) is 52.6 Å². The molecule has 1 saturated carbocycles. The van der Waals surface area contributed by atoms with E-state index >= 15 is 0 Å². The molecule has 2 N–H and O–H groups in total. The number of urea groups is 1. The van der Waals surface area contributed by atoms with Crippen LogP contribution >= 0.6 is 11.8 Å². The molecule has 0 saturated heterocycles. The zero-order valence-electron chi connectivity index (χ0n) is 12.5. The van der Waals surface area contributed by atoms with Crippen molar-refractivity contribution in [3.8, 4) is 0 Å². The van der Waals surface area contributed by atoms with Crippen molar-refractivity contribution in [2.24, 2.45) is 5.92 Å². The number of alkyl halides is 3. The van der Waals surface area contributed by atoms with Crippen LogP contribution in [-0.4, -0.2) is 47.7 Å². The van der Waals surface area contributed by atoms with E-state index in [1.54, 1.807) is 24.3 Å². The summed E-state index contributed by atoms with van der Waals surface area (Å²) in [5.74, 6) is -0.551. The Morgan fingerprint density at radius 1 is 1.35 bits per heavy atom. The molecule has 2 amide bonds. The lowest BCUT2D eigenvalue weighted by molar-refractivity contribution is -0.105. The minimum atomic E-state index is -4.27. The summed E-state index contributed by atoms with van der Waals surface area (Å²) in [6.07, 6.45) is -2.14. The number of hydrogen-bond acceptors (Lipinski definition) is 3. The van der Waals surface area contributed by atoms with Gasteiger partial charge in [-0.2, -0.15) is 13.2 Å². The van der Waals surface area contributed by atoms with Gasteiger partial charge in [-0.25, -0.2) is 4.79 Å². The van der Waals surface area contributed by atoms with Crippen molar-refractivity contribution in [3.63, 3.8) is 0 Å². The zero-order valence-corrected chi connectivity index (χ0v) is 13.3. The Kier molecular flexibility index (Phi) is 6.17. The number of amides is 2. The van der Waals surface area contributed by atoms with Crippen LogP contribution < -0.4 is 5.32 Å². The summed E-state index contributed by atoms with van der Waals surface area (Å²) in [5, 5.41) is 11.7. The first-order valence-corrected chi connectivity index (χ1v) is 8.33. The normalized spacial score (nSPS) is 14.6. The van der Waals surface area contributed by atoms with Gasteiger partial charge in [0.2, 0.25) is 0 Å². The van der Waals surface area contributed by atoms with Crippen molar-refractivity contribution in [3.05, 3.63) is 24.3 Å². The van der Waals surface area contributed by atoms with E-state index in [0.29, 0.717) is 34.8 Å². The van der Waals surface area contributed by atoms with Crippen LogP contribution in [0.3, 0.4) is 0 Å². The molecule has 2 rings (SSSR count). The van der Waals surface area contributed by atoms with E-state index in [1.165, 1.54) is 4.90 Å². The number of para-hydroxylation sites is 1. The van der Waals surface area contributed by atoms with Crippen molar-refractivity contribution < 1.29 is 23.1 Å². The fraction of sp³-hybridized carbons (Fsp3) is 0.533. The minimum Gasteiger partial charge on any atom is -0.395 e.